The van der Waals surface area contributed by atoms with Crippen LogP contribution in [0.1, 0.15) is 37.9 Å². The smallest absolute Gasteiger partial charge is 0.259 e. The first kappa shape index (κ1) is 14.9. The minimum absolute atomic E-state index is 0.303. The van der Waals surface area contributed by atoms with Gasteiger partial charge in [-0.1, -0.05) is 5.16 Å². The van der Waals surface area contributed by atoms with Crippen LogP contribution in [0.2, 0.25) is 0 Å². The SMILES string of the molecule is C[C@H](CCn1cccn1)Nc1ccc(-c2nc(C3CC3)no2)cn1. The van der Waals surface area contributed by atoms with Gasteiger partial charge in [-0.3, -0.25) is 4.68 Å². The topological polar surface area (TPSA) is 81.7 Å². The zero-order valence-corrected chi connectivity index (χ0v) is 13.6. The van der Waals surface area contributed by atoms with Crippen LogP contribution < -0.4 is 5.32 Å². The van der Waals surface area contributed by atoms with E-state index in [1.165, 1.54) is 0 Å². The molecular weight excluding hydrogens is 304 g/mol. The van der Waals surface area contributed by atoms with Crippen molar-refractivity contribution in [2.45, 2.75) is 44.7 Å². The summed E-state index contributed by atoms with van der Waals surface area (Å²) in [6, 6.07) is 6.14. The predicted molar refractivity (Wildman–Crippen MR) is 89.4 cm³/mol. The molecule has 0 spiro atoms. The van der Waals surface area contributed by atoms with Crippen molar-refractivity contribution < 1.29 is 4.52 Å². The Labute approximate surface area is 140 Å². The van der Waals surface area contributed by atoms with Crippen LogP contribution in [0.5, 0.6) is 0 Å². The summed E-state index contributed by atoms with van der Waals surface area (Å²) < 4.78 is 7.25. The van der Waals surface area contributed by atoms with Gasteiger partial charge >= 0.3 is 0 Å². The summed E-state index contributed by atoms with van der Waals surface area (Å²) in [4.78, 5) is 8.89. The molecule has 4 rings (SSSR count). The fourth-order valence-corrected chi connectivity index (χ4v) is 2.55. The van der Waals surface area contributed by atoms with Crippen molar-refractivity contribution in [3.63, 3.8) is 0 Å². The van der Waals surface area contributed by atoms with Gasteiger partial charge < -0.3 is 9.84 Å². The van der Waals surface area contributed by atoms with Crippen molar-refractivity contribution in [2.24, 2.45) is 0 Å². The van der Waals surface area contributed by atoms with Crippen LogP contribution in [0.4, 0.5) is 5.82 Å². The number of nitrogens with one attached hydrogen (secondary N) is 1. The fraction of sp³-hybridized carbons (Fsp3) is 0.412. The maximum absolute atomic E-state index is 5.32. The molecule has 1 fully saturated rings. The Kier molecular flexibility index (Phi) is 3.98. The van der Waals surface area contributed by atoms with Gasteiger partial charge in [-0.25, -0.2) is 4.98 Å². The van der Waals surface area contributed by atoms with Crippen molar-refractivity contribution in [2.75, 3.05) is 5.32 Å². The van der Waals surface area contributed by atoms with Crippen molar-refractivity contribution in [3.05, 3.63) is 42.6 Å². The highest BCUT2D eigenvalue weighted by Crippen LogP contribution is 2.38. The summed E-state index contributed by atoms with van der Waals surface area (Å²) in [5.41, 5.74) is 0.851. The standard InChI is InChI=1S/C17H20N6O/c1-12(7-10-23-9-2-8-19-23)20-15-6-5-14(11-18-15)17-21-16(22-24-17)13-3-4-13/h2,5-6,8-9,11-13H,3-4,7,10H2,1H3,(H,18,20)/t12-/m1/s1. The van der Waals surface area contributed by atoms with E-state index in [4.69, 9.17) is 4.52 Å². The number of nitrogens with zero attached hydrogens (tertiary/aromatic N) is 5. The molecule has 1 saturated carbocycles. The molecule has 3 aromatic heterocycles. The molecule has 3 aromatic rings. The molecule has 0 aromatic carbocycles. The first-order chi connectivity index (χ1) is 11.8. The molecule has 0 bridgehead atoms. The molecule has 24 heavy (non-hydrogen) atoms. The average molecular weight is 324 g/mol. The lowest BCUT2D eigenvalue weighted by atomic mass is 10.2. The van der Waals surface area contributed by atoms with Crippen molar-refractivity contribution in [3.8, 4) is 11.5 Å². The van der Waals surface area contributed by atoms with E-state index < -0.39 is 0 Å². The van der Waals surface area contributed by atoms with Crippen molar-refractivity contribution in [1.29, 1.82) is 0 Å². The van der Waals surface area contributed by atoms with Gasteiger partial charge in [-0.2, -0.15) is 10.1 Å². The molecular formula is C17H20N6O. The molecule has 0 radical (unpaired) electrons. The van der Waals surface area contributed by atoms with Crippen LogP contribution in [-0.4, -0.2) is 30.9 Å². The normalized spacial score (nSPS) is 15.4. The maximum atomic E-state index is 5.32. The lowest BCUT2D eigenvalue weighted by Gasteiger charge is -2.14. The Morgan fingerprint density at radius 2 is 2.29 bits per heavy atom. The predicted octanol–water partition coefficient (Wildman–Crippen LogP) is 3.10. The lowest BCUT2D eigenvalue weighted by molar-refractivity contribution is 0.422. The van der Waals surface area contributed by atoms with E-state index >= 15 is 0 Å². The summed E-state index contributed by atoms with van der Waals surface area (Å²) >= 11 is 0. The van der Waals surface area contributed by atoms with E-state index in [0.717, 1.165) is 43.0 Å². The van der Waals surface area contributed by atoms with Gasteiger partial charge in [0.05, 0.1) is 5.56 Å². The molecule has 0 amide bonds. The zero-order valence-electron chi connectivity index (χ0n) is 13.6. The third kappa shape index (κ3) is 3.45. The van der Waals surface area contributed by atoms with Crippen LogP contribution in [0.25, 0.3) is 11.5 Å². The van der Waals surface area contributed by atoms with Gasteiger partial charge in [0.1, 0.15) is 5.82 Å². The quantitative estimate of drug-likeness (QED) is 0.719. The van der Waals surface area contributed by atoms with E-state index in [1.54, 1.807) is 12.4 Å². The summed E-state index contributed by atoms with van der Waals surface area (Å²) in [6.45, 7) is 3.02. The number of aryl methyl sites for hydroxylation is 1. The molecule has 0 saturated heterocycles. The Morgan fingerprint density at radius 3 is 3.00 bits per heavy atom. The second-order valence-corrected chi connectivity index (χ2v) is 6.27. The molecule has 1 aliphatic carbocycles. The first-order valence-electron chi connectivity index (χ1n) is 8.32. The highest BCUT2D eigenvalue weighted by molar-refractivity contribution is 5.54. The van der Waals surface area contributed by atoms with Gasteiger partial charge in [0.2, 0.25) is 0 Å². The highest BCUT2D eigenvalue weighted by Gasteiger charge is 2.29. The van der Waals surface area contributed by atoms with Gasteiger partial charge in [0, 0.05) is 37.1 Å². The monoisotopic (exact) mass is 324 g/mol. The second kappa shape index (κ2) is 6.43. The fourth-order valence-electron chi connectivity index (χ4n) is 2.55. The van der Waals surface area contributed by atoms with E-state index in [0.29, 0.717) is 17.9 Å². The first-order valence-corrected chi connectivity index (χ1v) is 8.32. The zero-order chi connectivity index (χ0) is 16.4. The summed E-state index contributed by atoms with van der Waals surface area (Å²) in [5, 5.41) is 11.6. The molecule has 0 unspecified atom stereocenters. The summed E-state index contributed by atoms with van der Waals surface area (Å²) in [6.07, 6.45) is 8.84. The largest absolute Gasteiger partial charge is 0.368 e. The van der Waals surface area contributed by atoms with Gasteiger partial charge in [0.25, 0.3) is 5.89 Å². The molecule has 124 valence electrons. The Balaban J connectivity index is 1.34. The molecule has 7 nitrogen and oxygen atoms in total. The van der Waals surface area contributed by atoms with Gasteiger partial charge in [-0.15, -0.1) is 0 Å². The van der Waals surface area contributed by atoms with E-state index in [2.05, 4.69) is 32.5 Å². The minimum atomic E-state index is 0.303. The average Bonchev–Trinajstić information content (AvgIpc) is 3.12. The summed E-state index contributed by atoms with van der Waals surface area (Å²) in [7, 11) is 0. The number of pyridine rings is 1. The molecule has 1 atom stereocenters. The van der Waals surface area contributed by atoms with E-state index in [9.17, 15) is 0 Å². The lowest BCUT2D eigenvalue weighted by Crippen LogP contribution is -2.18. The van der Waals surface area contributed by atoms with Gasteiger partial charge in [-0.05, 0) is 44.4 Å². The number of anilines is 1. The highest BCUT2D eigenvalue weighted by atomic mass is 16.5. The van der Waals surface area contributed by atoms with Gasteiger partial charge in [0.15, 0.2) is 5.82 Å². The third-order valence-electron chi connectivity index (χ3n) is 4.14. The molecule has 7 heteroatoms. The Hall–Kier alpha value is -2.70. The summed E-state index contributed by atoms with van der Waals surface area (Å²) in [5.74, 6) is 2.70. The molecule has 0 aliphatic heterocycles. The number of rotatable bonds is 7. The van der Waals surface area contributed by atoms with Crippen LogP contribution >= 0.6 is 0 Å². The number of hydrogen-bond acceptors (Lipinski definition) is 6. The van der Waals surface area contributed by atoms with Crippen LogP contribution in [0.3, 0.4) is 0 Å². The third-order valence-corrected chi connectivity index (χ3v) is 4.14. The Bertz CT molecular complexity index is 776. The molecule has 1 aliphatic rings. The minimum Gasteiger partial charge on any atom is -0.368 e. The second-order valence-electron chi connectivity index (χ2n) is 6.27. The number of hydrogen-bond donors (Lipinski definition) is 1. The van der Waals surface area contributed by atoms with Crippen LogP contribution in [-0.2, 0) is 6.54 Å². The molecule has 3 heterocycles. The van der Waals surface area contributed by atoms with E-state index in [-0.39, 0.29) is 0 Å². The van der Waals surface area contributed by atoms with Crippen molar-refractivity contribution >= 4 is 5.82 Å². The van der Waals surface area contributed by atoms with Crippen LogP contribution in [0, 0.1) is 0 Å². The maximum Gasteiger partial charge on any atom is 0.259 e. The van der Waals surface area contributed by atoms with Crippen molar-refractivity contribution in [1.82, 2.24) is 24.9 Å². The van der Waals surface area contributed by atoms with Crippen LogP contribution in [0.15, 0.2) is 41.3 Å². The number of aromatic nitrogens is 5. The van der Waals surface area contributed by atoms with E-state index in [1.807, 2.05) is 29.1 Å². The Morgan fingerprint density at radius 1 is 1.38 bits per heavy atom. The molecule has 1 N–H and O–H groups in total.